The lowest BCUT2D eigenvalue weighted by molar-refractivity contribution is -0.108. The molecule has 0 saturated carbocycles. The molecule has 0 aliphatic rings. The van der Waals surface area contributed by atoms with E-state index in [2.05, 4.69) is 41.4 Å². The molecule has 8 nitrogen and oxygen atoms in total. The number of benzene rings is 3. The van der Waals surface area contributed by atoms with Gasteiger partial charge in [0.1, 0.15) is 6.29 Å². The molecule has 9 N–H and O–H groups in total. The number of thiocarbonyl (C=S) groups is 1. The molecule has 0 saturated heterocycles. The number of nitrogen functional groups attached to an aromatic ring is 1. The molecule has 0 radical (unpaired) electrons. The van der Waals surface area contributed by atoms with Crippen LogP contribution in [0.15, 0.2) is 83.9 Å². The van der Waals surface area contributed by atoms with E-state index in [0.29, 0.717) is 12.1 Å². The number of aryl methyl sites for hydroxylation is 2. The lowest BCUT2D eigenvalue weighted by Gasteiger charge is -2.08. The van der Waals surface area contributed by atoms with E-state index in [1.165, 1.54) is 11.1 Å². The summed E-state index contributed by atoms with van der Waals surface area (Å²) in [6, 6.07) is 25.1. The molecule has 0 bridgehead atoms. The molecular formula is C28H47N3O5S. The maximum absolute atomic E-state index is 10.2. The minimum Gasteiger partial charge on any atom is -0.412 e. The van der Waals surface area contributed by atoms with Crippen molar-refractivity contribution >= 4 is 35.0 Å². The number of hydrogen-bond donors (Lipinski definition) is 5. The molecule has 0 amide bonds. The Balaban J connectivity index is -0.0000000922. The molecule has 9 heteroatoms. The van der Waals surface area contributed by atoms with Gasteiger partial charge >= 0.3 is 0 Å². The number of carbonyl (C=O) groups excluding carboxylic acids is 1. The zero-order valence-corrected chi connectivity index (χ0v) is 23.2. The van der Waals surface area contributed by atoms with E-state index in [1.54, 1.807) is 19.1 Å². The molecule has 210 valence electrons. The maximum Gasteiger partial charge on any atom is 0.121 e. The average Bonchev–Trinajstić information content (AvgIpc) is 2.89. The zero-order chi connectivity index (χ0) is 28.2. The summed E-state index contributed by atoms with van der Waals surface area (Å²) >= 11 is 4.46. The zero-order valence-electron chi connectivity index (χ0n) is 22.3. The van der Waals surface area contributed by atoms with Crippen LogP contribution in [0.5, 0.6) is 0 Å². The Kier molecular flexibility index (Phi) is 34.0. The van der Waals surface area contributed by atoms with Gasteiger partial charge in [-0.3, -0.25) is 0 Å². The molecule has 1 unspecified atom stereocenters. The monoisotopic (exact) mass is 537 g/mol. The SMILES string of the molecule is CCO.CO.CO.Cc1cccc(N=C=S)c1.Cc1ccccc1.Nc1cccc(C(N)CC=O)c1.O.[HH].[HH]. The van der Waals surface area contributed by atoms with Crippen molar-refractivity contribution in [2.24, 2.45) is 10.7 Å². The molecule has 3 rings (SSSR count). The quantitative estimate of drug-likeness (QED) is 0.141. The predicted molar refractivity (Wildman–Crippen MR) is 162 cm³/mol. The van der Waals surface area contributed by atoms with Crippen LogP contribution in [0, 0.1) is 13.8 Å². The summed E-state index contributed by atoms with van der Waals surface area (Å²) in [7, 11) is 2.00. The number of hydrogen-bond acceptors (Lipinski definition) is 8. The summed E-state index contributed by atoms with van der Waals surface area (Å²) in [6.07, 6.45) is 1.15. The number of aliphatic hydroxyl groups is 3. The van der Waals surface area contributed by atoms with Crippen LogP contribution in [0.1, 0.15) is 38.9 Å². The number of nitrogens with zero attached hydrogens (tertiary/aromatic N) is 1. The molecule has 0 aliphatic heterocycles. The highest BCUT2D eigenvalue weighted by Gasteiger charge is 2.03. The van der Waals surface area contributed by atoms with Crippen molar-refractivity contribution in [1.82, 2.24) is 0 Å². The lowest BCUT2D eigenvalue weighted by Crippen LogP contribution is -2.10. The lowest BCUT2D eigenvalue weighted by atomic mass is 10.1. The van der Waals surface area contributed by atoms with E-state index in [-0.39, 0.29) is 21.0 Å². The van der Waals surface area contributed by atoms with Gasteiger partial charge in [0, 0.05) is 41.8 Å². The summed E-state index contributed by atoms with van der Waals surface area (Å²) < 4.78 is 0. The smallest absolute Gasteiger partial charge is 0.121 e. The first-order valence-corrected chi connectivity index (χ1v) is 11.5. The number of aliphatic imine (C=N–C) groups is 1. The minimum atomic E-state index is -0.231. The van der Waals surface area contributed by atoms with Crippen LogP contribution in [0.4, 0.5) is 11.4 Å². The predicted octanol–water partition coefficient (Wildman–Crippen LogP) is 4.46. The topological polar surface area (TPSA) is 174 Å². The first-order valence-electron chi connectivity index (χ1n) is 11.1. The highest BCUT2D eigenvalue weighted by molar-refractivity contribution is 7.78. The average molecular weight is 538 g/mol. The van der Waals surface area contributed by atoms with Crippen molar-refractivity contribution in [2.45, 2.75) is 33.2 Å². The number of aldehydes is 1. The van der Waals surface area contributed by atoms with Gasteiger partial charge in [-0.1, -0.05) is 60.2 Å². The van der Waals surface area contributed by atoms with Crippen LogP contribution >= 0.6 is 12.2 Å². The number of aliphatic hydroxyl groups excluding tert-OH is 3. The van der Waals surface area contributed by atoms with Crippen molar-refractivity contribution < 1.29 is 28.4 Å². The normalized spacial score (nSPS) is 8.78. The van der Waals surface area contributed by atoms with Crippen LogP contribution < -0.4 is 11.5 Å². The van der Waals surface area contributed by atoms with Gasteiger partial charge in [0.25, 0.3) is 0 Å². The molecule has 0 aromatic heterocycles. The molecular weight excluding hydrogens is 490 g/mol. The summed E-state index contributed by atoms with van der Waals surface area (Å²) in [6.45, 7) is 6.03. The van der Waals surface area contributed by atoms with Crippen LogP contribution in [0.3, 0.4) is 0 Å². The van der Waals surface area contributed by atoms with Crippen LogP contribution in [0.25, 0.3) is 0 Å². The van der Waals surface area contributed by atoms with Gasteiger partial charge < -0.3 is 37.1 Å². The Labute approximate surface area is 229 Å². The standard InChI is InChI=1S/C9H12N2O.C8H7NS.C7H8.C2H6O.2CH4O.H2O.2H2/c10-8-3-1-2-7(6-8)9(11)4-5-12;1-7-3-2-4-8(5-7)9-6-10;1-7-5-3-2-4-6-7;1-2-3;2*1-2;;;/h1-3,5-6,9H,4,10-11H2;2-5H,1H3;2-6H,1H3;3H,2H2,1H3;2*2H,1H3;1H2;2*1H. The summed E-state index contributed by atoms with van der Waals surface area (Å²) in [5, 5.41) is 23.9. The van der Waals surface area contributed by atoms with E-state index in [4.69, 9.17) is 26.8 Å². The van der Waals surface area contributed by atoms with E-state index in [1.807, 2.05) is 61.5 Å². The minimum absolute atomic E-state index is 0. The van der Waals surface area contributed by atoms with Gasteiger partial charge in [-0.25, -0.2) is 0 Å². The van der Waals surface area contributed by atoms with Gasteiger partial charge in [-0.15, -0.1) is 0 Å². The fourth-order valence-electron chi connectivity index (χ4n) is 2.31. The number of carbonyl (C=O) groups is 1. The number of anilines is 1. The van der Waals surface area contributed by atoms with Gasteiger partial charge in [0.15, 0.2) is 0 Å². The second-order valence-electron chi connectivity index (χ2n) is 6.69. The van der Waals surface area contributed by atoms with Crippen molar-refractivity contribution in [2.75, 3.05) is 26.6 Å². The van der Waals surface area contributed by atoms with Crippen molar-refractivity contribution in [1.29, 1.82) is 0 Å². The van der Waals surface area contributed by atoms with Crippen LogP contribution in [-0.2, 0) is 4.79 Å². The van der Waals surface area contributed by atoms with Gasteiger partial charge in [0.2, 0.25) is 0 Å². The third kappa shape index (κ3) is 25.6. The van der Waals surface area contributed by atoms with E-state index < -0.39 is 0 Å². The fraction of sp³-hybridized carbons (Fsp3) is 0.286. The third-order valence-electron chi connectivity index (χ3n) is 3.81. The number of rotatable bonds is 4. The molecule has 0 heterocycles. The Hall–Kier alpha value is -3.27. The van der Waals surface area contributed by atoms with Crippen molar-refractivity contribution in [3.05, 3.63) is 95.6 Å². The molecule has 3 aromatic carbocycles. The highest BCUT2D eigenvalue weighted by atomic mass is 32.1. The molecule has 0 aliphatic carbocycles. The molecule has 3 aromatic rings. The Morgan fingerprint density at radius 1 is 0.946 bits per heavy atom. The van der Waals surface area contributed by atoms with Gasteiger partial charge in [-0.2, -0.15) is 4.99 Å². The first-order chi connectivity index (χ1) is 17.4. The van der Waals surface area contributed by atoms with Crippen LogP contribution in [-0.4, -0.2) is 53.1 Å². The Bertz CT molecular complexity index is 965. The first kappa shape index (κ1) is 40.9. The number of nitrogens with two attached hydrogens (primary N) is 2. The Morgan fingerprint density at radius 3 is 1.86 bits per heavy atom. The largest absolute Gasteiger partial charge is 0.412 e. The summed E-state index contributed by atoms with van der Waals surface area (Å²) in [4.78, 5) is 14.0. The fourth-order valence-corrected chi connectivity index (χ4v) is 2.42. The summed E-state index contributed by atoms with van der Waals surface area (Å²) in [5.41, 5.74) is 16.2. The maximum atomic E-state index is 10.2. The molecule has 37 heavy (non-hydrogen) atoms. The van der Waals surface area contributed by atoms with E-state index in [0.717, 1.165) is 31.8 Å². The van der Waals surface area contributed by atoms with Crippen molar-refractivity contribution in [3.8, 4) is 0 Å². The third-order valence-corrected chi connectivity index (χ3v) is 3.90. The van der Waals surface area contributed by atoms with E-state index >= 15 is 0 Å². The van der Waals surface area contributed by atoms with Crippen LogP contribution in [0.2, 0.25) is 0 Å². The Morgan fingerprint density at radius 2 is 1.46 bits per heavy atom. The van der Waals surface area contributed by atoms with Gasteiger partial charge in [0.05, 0.1) is 10.8 Å². The van der Waals surface area contributed by atoms with E-state index in [9.17, 15) is 4.79 Å². The molecule has 1 atom stereocenters. The van der Waals surface area contributed by atoms with Gasteiger partial charge in [-0.05, 0) is 68.4 Å². The number of isothiocyanates is 1. The highest BCUT2D eigenvalue weighted by Crippen LogP contribution is 2.15. The molecule has 0 spiro atoms. The summed E-state index contributed by atoms with van der Waals surface area (Å²) in [5.74, 6) is 0. The second-order valence-corrected chi connectivity index (χ2v) is 6.87. The molecule has 0 fully saturated rings. The second kappa shape index (κ2) is 30.8. The van der Waals surface area contributed by atoms with Crippen molar-refractivity contribution in [3.63, 3.8) is 0 Å².